The molecule has 2 N–H and O–H groups in total. The molecule has 1 saturated heterocycles. The van der Waals surface area contributed by atoms with E-state index in [1.54, 1.807) is 0 Å². The summed E-state index contributed by atoms with van der Waals surface area (Å²) >= 11 is 0. The van der Waals surface area contributed by atoms with Gasteiger partial charge in [0.1, 0.15) is 17.1 Å². The molecule has 1 aliphatic rings. The lowest BCUT2D eigenvalue weighted by Gasteiger charge is -2.19. The molecule has 1 unspecified atom stereocenters. The predicted octanol–water partition coefficient (Wildman–Crippen LogP) is 2.83. The topological polar surface area (TPSA) is 122 Å². The van der Waals surface area contributed by atoms with Gasteiger partial charge in [0.25, 0.3) is 5.56 Å². The van der Waals surface area contributed by atoms with Crippen LogP contribution < -0.4 is 15.0 Å². The molecule has 1 aliphatic heterocycles. The molecule has 196 valence electrons. The monoisotopic (exact) mass is 525 g/mol. The minimum atomic E-state index is -4.39. The summed E-state index contributed by atoms with van der Waals surface area (Å²) in [6.45, 7) is 0.0363. The minimum absolute atomic E-state index is 0.0209. The number of fused-ring (bicyclic) bond motifs is 1. The van der Waals surface area contributed by atoms with Gasteiger partial charge >= 0.3 is 0 Å². The SMILES string of the molecule is [2H]C([2H])(CNS(=O)(=O)c1ccc(OCCC)c(-c2nc3c(C([2H])([2H])C([2H])([2H])C)nn(C)c3c(=O)[nH]2)c1)C1CCCN1C([2H])([2H])[2H]. The normalized spacial score (nSPS) is 22.0. The number of aromatic nitrogens is 4. The zero-order valence-corrected chi connectivity index (χ0v) is 21.2. The van der Waals surface area contributed by atoms with Crippen molar-refractivity contribution < 1.29 is 25.5 Å². The largest absolute Gasteiger partial charge is 0.493 e. The highest BCUT2D eigenvalue weighted by Gasteiger charge is 2.23. The van der Waals surface area contributed by atoms with E-state index in [9.17, 15) is 13.2 Å². The van der Waals surface area contributed by atoms with E-state index in [0.717, 1.165) is 16.5 Å². The van der Waals surface area contributed by atoms with Crippen molar-refractivity contribution in [3.63, 3.8) is 0 Å². The molecule has 0 radical (unpaired) electrons. The van der Waals surface area contributed by atoms with E-state index >= 15 is 0 Å². The van der Waals surface area contributed by atoms with Crippen LogP contribution in [0.3, 0.4) is 0 Å². The van der Waals surface area contributed by atoms with Crippen molar-refractivity contribution in [1.29, 1.82) is 0 Å². The van der Waals surface area contributed by atoms with E-state index in [-0.39, 0.29) is 52.6 Å². The molecule has 36 heavy (non-hydrogen) atoms. The number of benzene rings is 1. The first-order valence-corrected chi connectivity index (χ1v) is 13.1. The van der Waals surface area contributed by atoms with Crippen LogP contribution in [0, 0.1) is 0 Å². The summed E-state index contributed by atoms with van der Waals surface area (Å²) in [5.74, 6) is -0.0425. The number of likely N-dealkylation sites (tertiary alicyclic amines) is 1. The first-order chi connectivity index (χ1) is 20.6. The molecule has 3 aromatic rings. The smallest absolute Gasteiger partial charge is 0.277 e. The zero-order chi connectivity index (χ0) is 33.8. The minimum Gasteiger partial charge on any atom is -0.493 e. The first kappa shape index (κ1) is 16.9. The van der Waals surface area contributed by atoms with E-state index in [1.165, 1.54) is 25.2 Å². The van der Waals surface area contributed by atoms with Gasteiger partial charge in [0.2, 0.25) is 10.0 Å². The number of hydrogen-bond acceptors (Lipinski definition) is 7. The van der Waals surface area contributed by atoms with Gasteiger partial charge in [-0.1, -0.05) is 20.2 Å². The Labute approximate surface area is 224 Å². The fraction of sp³-hybridized carbons (Fsp3) is 0.560. The van der Waals surface area contributed by atoms with Crippen LogP contribution in [0.4, 0.5) is 0 Å². The molecule has 3 heterocycles. The van der Waals surface area contributed by atoms with E-state index in [1.807, 2.05) is 6.92 Å². The van der Waals surface area contributed by atoms with Gasteiger partial charge in [-0.15, -0.1) is 0 Å². The number of H-pyrrole nitrogens is 1. The lowest BCUT2D eigenvalue weighted by atomic mass is 10.1. The van der Waals surface area contributed by atoms with Gasteiger partial charge in [-0.05, 0) is 63.7 Å². The highest BCUT2D eigenvalue weighted by atomic mass is 32.2. The molecule has 0 spiro atoms. The Kier molecular flexibility index (Phi) is 5.21. The maximum atomic E-state index is 13.4. The van der Waals surface area contributed by atoms with Crippen LogP contribution in [0.15, 0.2) is 27.9 Å². The molecular formula is C25H36N6O4S. The van der Waals surface area contributed by atoms with E-state index < -0.39 is 60.0 Å². The maximum absolute atomic E-state index is 13.4. The number of ether oxygens (including phenoxy) is 1. The van der Waals surface area contributed by atoms with Crippen LogP contribution in [0.1, 0.15) is 63.9 Å². The average Bonchev–Trinajstić information content (AvgIpc) is 3.57. The van der Waals surface area contributed by atoms with E-state index in [4.69, 9.17) is 17.1 Å². The highest BCUT2D eigenvalue weighted by Crippen LogP contribution is 2.31. The molecule has 10 nitrogen and oxygen atoms in total. The van der Waals surface area contributed by atoms with Gasteiger partial charge < -0.3 is 14.6 Å². The quantitative estimate of drug-likeness (QED) is 0.395. The van der Waals surface area contributed by atoms with Crippen LogP contribution in [0.5, 0.6) is 5.75 Å². The van der Waals surface area contributed by atoms with Crippen molar-refractivity contribution >= 4 is 21.1 Å². The van der Waals surface area contributed by atoms with Gasteiger partial charge in [-0.3, -0.25) is 9.48 Å². The third kappa shape index (κ3) is 5.47. The molecular weight excluding hydrogens is 480 g/mol. The van der Waals surface area contributed by atoms with Crippen LogP contribution in [0.2, 0.25) is 0 Å². The van der Waals surface area contributed by atoms with E-state index in [0.29, 0.717) is 12.8 Å². The van der Waals surface area contributed by atoms with Crippen LogP contribution >= 0.6 is 0 Å². The van der Waals surface area contributed by atoms with Gasteiger partial charge in [-0.25, -0.2) is 18.1 Å². The summed E-state index contributed by atoms with van der Waals surface area (Å²) in [6.07, 6.45) is -5.99. The number of nitrogens with zero attached hydrogens (tertiary/aromatic N) is 4. The Hall–Kier alpha value is -2.76. The zero-order valence-electron chi connectivity index (χ0n) is 29.4. The summed E-state index contributed by atoms with van der Waals surface area (Å²) in [5, 5.41) is 4.06. The third-order valence-corrected chi connectivity index (χ3v) is 7.17. The van der Waals surface area contributed by atoms with Gasteiger partial charge in [-0.2, -0.15) is 5.10 Å². The van der Waals surface area contributed by atoms with Crippen LogP contribution in [0.25, 0.3) is 22.4 Å². The van der Waals surface area contributed by atoms with Crippen LogP contribution in [-0.4, -0.2) is 65.8 Å². The summed E-state index contributed by atoms with van der Waals surface area (Å²) in [6, 6.07) is 2.71. The number of nitrogens with one attached hydrogen (secondary N) is 2. The molecule has 1 aromatic carbocycles. The molecule has 4 rings (SSSR count). The second kappa shape index (κ2) is 11.1. The van der Waals surface area contributed by atoms with Gasteiger partial charge in [0.05, 0.1) is 22.8 Å². The second-order valence-corrected chi connectivity index (χ2v) is 10.1. The second-order valence-electron chi connectivity index (χ2n) is 8.35. The number of rotatable bonds is 11. The number of hydrogen-bond donors (Lipinski definition) is 2. The summed E-state index contributed by atoms with van der Waals surface area (Å²) in [7, 11) is -3.00. The molecule has 0 amide bonds. The van der Waals surface area contributed by atoms with Crippen LogP contribution in [-0.2, 0) is 23.4 Å². The van der Waals surface area contributed by atoms with E-state index in [2.05, 4.69) is 19.8 Å². The summed E-state index contributed by atoms with van der Waals surface area (Å²) < 4.78 is 109. The Bertz CT molecular complexity index is 1740. The van der Waals surface area contributed by atoms with Gasteiger partial charge in [0, 0.05) is 32.0 Å². The Morgan fingerprint density at radius 2 is 2.19 bits per heavy atom. The molecule has 0 bridgehead atoms. The highest BCUT2D eigenvalue weighted by molar-refractivity contribution is 7.89. The molecule has 11 heteroatoms. The molecule has 0 saturated carbocycles. The number of sulfonamides is 1. The molecule has 0 aliphatic carbocycles. The van der Waals surface area contributed by atoms with Gasteiger partial charge in [0.15, 0.2) is 5.52 Å². The number of aryl methyl sites for hydroxylation is 2. The Morgan fingerprint density at radius 3 is 2.94 bits per heavy atom. The van der Waals surface area contributed by atoms with Crippen molar-refractivity contribution in [2.45, 2.75) is 63.2 Å². The Balaban J connectivity index is 1.77. The van der Waals surface area contributed by atoms with Crippen molar-refractivity contribution in [3.05, 3.63) is 34.2 Å². The summed E-state index contributed by atoms with van der Waals surface area (Å²) in [5.41, 5.74) is -1.47. The fourth-order valence-electron chi connectivity index (χ4n) is 4.03. The Morgan fingerprint density at radius 1 is 1.36 bits per heavy atom. The molecule has 1 fully saturated rings. The number of aromatic amines is 1. The lowest BCUT2D eigenvalue weighted by molar-refractivity contribution is 0.297. The maximum Gasteiger partial charge on any atom is 0.277 e. The average molecular weight is 526 g/mol. The first-order valence-electron chi connectivity index (χ1n) is 16.1. The predicted molar refractivity (Wildman–Crippen MR) is 140 cm³/mol. The van der Waals surface area contributed by atoms with Crippen molar-refractivity contribution in [3.8, 4) is 17.1 Å². The lowest BCUT2D eigenvalue weighted by Crippen LogP contribution is -2.31. The third-order valence-electron chi connectivity index (χ3n) is 5.77. The van der Waals surface area contributed by atoms with Crippen molar-refractivity contribution in [2.24, 2.45) is 7.05 Å². The fourth-order valence-corrected chi connectivity index (χ4v) is 4.99. The standard InChI is InChI=1S/C25H36N6O4S/c1-5-8-20-22-23(31(4)29-20)25(32)28-24(27-22)19-16-18(10-11-21(19)35-15-6-2)36(33,34)26-13-12-17-9-7-14-30(17)3/h10-11,16-17,26H,5-9,12-15H2,1-4H3,(H,27,28,32)/i3D3,5D2,8D2,12D2. The molecule has 2 aromatic heterocycles. The van der Waals surface area contributed by atoms with Crippen molar-refractivity contribution in [2.75, 3.05) is 26.7 Å². The summed E-state index contributed by atoms with van der Waals surface area (Å²) in [4.78, 5) is 20.9. The van der Waals surface area contributed by atoms with Crippen molar-refractivity contribution in [1.82, 2.24) is 29.4 Å². The molecule has 1 atom stereocenters.